The van der Waals surface area contributed by atoms with E-state index in [0.29, 0.717) is 0 Å². The Morgan fingerprint density at radius 3 is 1.50 bits per heavy atom. The van der Waals surface area contributed by atoms with E-state index in [1.807, 2.05) is 0 Å². The van der Waals surface area contributed by atoms with Crippen LogP contribution < -0.4 is 0 Å². The Morgan fingerprint density at radius 1 is 0.308 bits per heavy atom. The van der Waals surface area contributed by atoms with Crippen molar-refractivity contribution in [2.75, 3.05) is 0 Å². The lowest BCUT2D eigenvalue weighted by Gasteiger charge is -2.14. The van der Waals surface area contributed by atoms with Crippen molar-refractivity contribution in [2.45, 2.75) is 0 Å². The van der Waals surface area contributed by atoms with Crippen molar-refractivity contribution in [1.29, 1.82) is 0 Å². The third-order valence-corrected chi connectivity index (χ3v) is 10.3. The third kappa shape index (κ3) is 5.04. The van der Waals surface area contributed by atoms with Crippen LogP contribution in [0.2, 0.25) is 0 Å². The van der Waals surface area contributed by atoms with Gasteiger partial charge in [-0.1, -0.05) is 146 Å². The fourth-order valence-electron chi connectivity index (χ4n) is 7.93. The van der Waals surface area contributed by atoms with Crippen molar-refractivity contribution in [1.82, 2.24) is 9.13 Å². The lowest BCUT2D eigenvalue weighted by Crippen LogP contribution is -1.97. The van der Waals surface area contributed by atoms with E-state index in [1.54, 1.807) is 0 Å². The molecule has 0 spiro atoms. The summed E-state index contributed by atoms with van der Waals surface area (Å²) in [6, 6.07) is 70.0. The zero-order valence-corrected chi connectivity index (χ0v) is 28.5. The predicted molar refractivity (Wildman–Crippen MR) is 221 cm³/mol. The van der Waals surface area contributed by atoms with Crippen LogP contribution in [-0.2, 0) is 0 Å². The minimum absolute atomic E-state index is 1.16. The summed E-state index contributed by atoms with van der Waals surface area (Å²) in [5.74, 6) is 0. The second-order valence-electron chi connectivity index (χ2n) is 13.4. The van der Waals surface area contributed by atoms with Crippen LogP contribution in [0.15, 0.2) is 194 Å². The minimum atomic E-state index is 1.16. The van der Waals surface area contributed by atoms with E-state index in [0.717, 1.165) is 5.56 Å². The number of nitrogens with zero attached hydrogens (tertiary/aromatic N) is 2. The molecule has 244 valence electrons. The molecule has 10 rings (SSSR count). The molecule has 0 amide bonds. The highest BCUT2D eigenvalue weighted by Gasteiger charge is 2.16. The first-order valence-electron chi connectivity index (χ1n) is 17.9. The van der Waals surface area contributed by atoms with Crippen molar-refractivity contribution in [3.8, 4) is 33.6 Å². The highest BCUT2D eigenvalue weighted by Crippen LogP contribution is 2.37. The standard InChI is InChI=1S/C50H34N2/c1-2-18-40(19-3-1)51-47-25-9-7-23-44(47)45-34-38(30-31-50(45)51)37-16-12-14-35(32-37)28-29-36-15-13-17-39(33-36)41-20-4-8-24-46(41)52-48-26-10-5-21-42(48)43-22-6-11-27-49(43)52/h1-34H/b29-28+. The van der Waals surface area contributed by atoms with Gasteiger partial charge in [0, 0.05) is 32.8 Å². The number of hydrogen-bond donors (Lipinski definition) is 0. The number of benzene rings is 8. The molecule has 0 atom stereocenters. The zero-order valence-electron chi connectivity index (χ0n) is 28.5. The van der Waals surface area contributed by atoms with Gasteiger partial charge in [-0.2, -0.15) is 0 Å². The number of rotatable bonds is 6. The molecule has 0 N–H and O–H groups in total. The maximum atomic E-state index is 2.41. The number of aromatic nitrogens is 2. The first-order chi connectivity index (χ1) is 25.8. The maximum Gasteiger partial charge on any atom is 0.0541 e. The normalized spacial score (nSPS) is 11.8. The second kappa shape index (κ2) is 12.5. The smallest absolute Gasteiger partial charge is 0.0541 e. The van der Waals surface area contributed by atoms with E-state index in [9.17, 15) is 0 Å². The molecule has 0 fully saturated rings. The van der Waals surface area contributed by atoms with E-state index >= 15 is 0 Å². The molecule has 0 saturated carbocycles. The maximum absolute atomic E-state index is 2.41. The molecule has 2 heteroatoms. The van der Waals surface area contributed by atoms with E-state index in [-0.39, 0.29) is 0 Å². The van der Waals surface area contributed by atoms with Crippen molar-refractivity contribution >= 4 is 55.8 Å². The lowest BCUT2D eigenvalue weighted by molar-refractivity contribution is 1.18. The van der Waals surface area contributed by atoms with E-state index in [1.165, 1.54) is 82.8 Å². The molecule has 8 aromatic carbocycles. The highest BCUT2D eigenvalue weighted by atomic mass is 15.0. The van der Waals surface area contributed by atoms with Gasteiger partial charge in [0.05, 0.1) is 27.8 Å². The van der Waals surface area contributed by atoms with Crippen LogP contribution in [0.4, 0.5) is 0 Å². The van der Waals surface area contributed by atoms with Gasteiger partial charge in [0.25, 0.3) is 0 Å². The van der Waals surface area contributed by atoms with Crippen LogP contribution in [-0.4, -0.2) is 9.13 Å². The topological polar surface area (TPSA) is 9.86 Å². The number of fused-ring (bicyclic) bond motifs is 6. The minimum Gasteiger partial charge on any atom is -0.309 e. The number of para-hydroxylation sites is 5. The van der Waals surface area contributed by atoms with Crippen LogP contribution in [0, 0.1) is 0 Å². The molecule has 0 saturated heterocycles. The predicted octanol–water partition coefficient (Wildman–Crippen LogP) is 13.4. The van der Waals surface area contributed by atoms with Gasteiger partial charge in [0.15, 0.2) is 0 Å². The fraction of sp³-hybridized carbons (Fsp3) is 0. The van der Waals surface area contributed by atoms with E-state index < -0.39 is 0 Å². The van der Waals surface area contributed by atoms with Crippen LogP contribution >= 0.6 is 0 Å². The summed E-state index contributed by atoms with van der Waals surface area (Å²) in [6.45, 7) is 0. The van der Waals surface area contributed by atoms with Gasteiger partial charge >= 0.3 is 0 Å². The Hall–Kier alpha value is -6.90. The van der Waals surface area contributed by atoms with Gasteiger partial charge in [-0.05, 0) is 88.5 Å². The Bertz CT molecular complexity index is 2900. The summed E-state index contributed by atoms with van der Waals surface area (Å²) in [5, 5.41) is 5.06. The Balaban J connectivity index is 0.996. The first-order valence-corrected chi connectivity index (χ1v) is 17.9. The average molecular weight is 663 g/mol. The van der Waals surface area contributed by atoms with Gasteiger partial charge in [0.2, 0.25) is 0 Å². The molecular weight excluding hydrogens is 629 g/mol. The summed E-state index contributed by atoms with van der Waals surface area (Å²) >= 11 is 0. The Kier molecular flexibility index (Phi) is 7.18. The molecule has 0 unspecified atom stereocenters. The summed E-state index contributed by atoms with van der Waals surface area (Å²) in [7, 11) is 0. The fourth-order valence-corrected chi connectivity index (χ4v) is 7.93. The molecule has 2 heterocycles. The van der Waals surface area contributed by atoms with Crippen molar-refractivity contribution in [3.05, 3.63) is 205 Å². The molecule has 0 bridgehead atoms. The summed E-state index contributed by atoms with van der Waals surface area (Å²) in [5.41, 5.74) is 14.4. The zero-order chi connectivity index (χ0) is 34.4. The molecule has 2 nitrogen and oxygen atoms in total. The molecule has 2 aromatic heterocycles. The monoisotopic (exact) mass is 662 g/mol. The summed E-state index contributed by atoms with van der Waals surface area (Å²) in [6.07, 6.45) is 4.45. The van der Waals surface area contributed by atoms with Gasteiger partial charge in [-0.15, -0.1) is 0 Å². The summed E-state index contributed by atoms with van der Waals surface area (Å²) < 4.78 is 4.77. The largest absolute Gasteiger partial charge is 0.309 e. The van der Waals surface area contributed by atoms with Crippen molar-refractivity contribution in [2.24, 2.45) is 0 Å². The Labute approximate surface area is 302 Å². The molecule has 0 radical (unpaired) electrons. The van der Waals surface area contributed by atoms with Crippen molar-refractivity contribution < 1.29 is 0 Å². The van der Waals surface area contributed by atoms with Crippen LogP contribution in [0.1, 0.15) is 11.1 Å². The van der Waals surface area contributed by atoms with E-state index in [4.69, 9.17) is 0 Å². The SMILES string of the molecule is C(=C\c1cccc(-c2ccccc2-n2c3ccccc3c3ccccc32)c1)/c1cccc(-c2ccc3c(c2)c2ccccc2n3-c2ccccc2)c1. The molecule has 0 aliphatic carbocycles. The molecule has 0 aliphatic rings. The average Bonchev–Trinajstić information content (AvgIpc) is 3.73. The van der Waals surface area contributed by atoms with Crippen LogP contribution in [0.25, 0.3) is 89.4 Å². The molecule has 52 heavy (non-hydrogen) atoms. The molecular formula is C50H34N2. The quantitative estimate of drug-likeness (QED) is 0.157. The number of hydrogen-bond acceptors (Lipinski definition) is 0. The van der Waals surface area contributed by atoms with Crippen molar-refractivity contribution in [3.63, 3.8) is 0 Å². The molecule has 0 aliphatic heterocycles. The van der Waals surface area contributed by atoms with Gasteiger partial charge in [0.1, 0.15) is 0 Å². The highest BCUT2D eigenvalue weighted by molar-refractivity contribution is 6.11. The lowest BCUT2D eigenvalue weighted by atomic mass is 9.99. The van der Waals surface area contributed by atoms with Crippen LogP contribution in [0.3, 0.4) is 0 Å². The summed E-state index contributed by atoms with van der Waals surface area (Å²) in [4.78, 5) is 0. The Morgan fingerprint density at radius 2 is 0.808 bits per heavy atom. The van der Waals surface area contributed by atoms with E-state index in [2.05, 4.69) is 215 Å². The van der Waals surface area contributed by atoms with Gasteiger partial charge in [-0.25, -0.2) is 0 Å². The second-order valence-corrected chi connectivity index (χ2v) is 13.4. The third-order valence-electron chi connectivity index (χ3n) is 10.3. The van der Waals surface area contributed by atoms with Gasteiger partial charge < -0.3 is 9.13 Å². The first kappa shape index (κ1) is 30.0. The molecule has 10 aromatic rings. The van der Waals surface area contributed by atoms with Crippen LogP contribution in [0.5, 0.6) is 0 Å². The van der Waals surface area contributed by atoms with Gasteiger partial charge in [-0.3, -0.25) is 0 Å².